The van der Waals surface area contributed by atoms with Crippen LogP contribution in [0.3, 0.4) is 0 Å². The summed E-state index contributed by atoms with van der Waals surface area (Å²) in [5, 5.41) is 0. The van der Waals surface area contributed by atoms with E-state index in [1.54, 1.807) is 6.20 Å². The van der Waals surface area contributed by atoms with Crippen LogP contribution in [0.5, 0.6) is 11.5 Å². The van der Waals surface area contributed by atoms with Crippen LogP contribution in [0, 0.1) is 0 Å². The van der Waals surface area contributed by atoms with Crippen LogP contribution in [0.2, 0.25) is 0 Å². The monoisotopic (exact) mass is 715 g/mol. The Balaban J connectivity index is 1.19. The van der Waals surface area contributed by atoms with Gasteiger partial charge in [0.15, 0.2) is 5.82 Å². The zero-order valence-corrected chi connectivity index (χ0v) is 30.3. The van der Waals surface area contributed by atoms with Crippen LogP contribution in [-0.4, -0.2) is 15.0 Å². The fourth-order valence-corrected chi connectivity index (χ4v) is 8.79. The molecule has 0 saturated heterocycles. The van der Waals surface area contributed by atoms with Gasteiger partial charge in [0.05, 0.1) is 16.8 Å². The minimum Gasteiger partial charge on any atom is -0.457 e. The second-order valence-corrected chi connectivity index (χ2v) is 14.3. The van der Waals surface area contributed by atoms with Gasteiger partial charge in [-0.25, -0.2) is 9.97 Å². The molecule has 0 saturated carbocycles. The molecule has 11 rings (SSSR count). The summed E-state index contributed by atoms with van der Waals surface area (Å²) in [6, 6.07) is 66.6. The highest BCUT2D eigenvalue weighted by molar-refractivity contribution is 5.94. The lowest BCUT2D eigenvalue weighted by Gasteiger charge is -2.42. The van der Waals surface area contributed by atoms with Crippen molar-refractivity contribution in [3.63, 3.8) is 0 Å². The minimum atomic E-state index is -0.702. The lowest BCUT2D eigenvalue weighted by molar-refractivity contribution is 0.435. The maximum Gasteiger partial charge on any atom is 0.160 e. The van der Waals surface area contributed by atoms with Crippen molar-refractivity contribution < 1.29 is 4.74 Å². The van der Waals surface area contributed by atoms with Gasteiger partial charge < -0.3 is 4.74 Å². The molecule has 0 bridgehead atoms. The minimum absolute atomic E-state index is 0.668. The SMILES string of the molecule is c1ccc(-c2cc(-c3ccc4c(c3)C3(c5ccccc5Oc5ccccc53)c3ccccc3-c3ccccc3-4)nc(-c3ccc(-c4cccnc4)cc3)n2)cc1. The third-order valence-electron chi connectivity index (χ3n) is 11.3. The molecule has 9 aromatic rings. The molecule has 4 nitrogen and oxygen atoms in total. The van der Waals surface area contributed by atoms with Crippen LogP contribution in [0.1, 0.15) is 22.3 Å². The van der Waals surface area contributed by atoms with E-state index in [-0.39, 0.29) is 0 Å². The molecule has 0 N–H and O–H groups in total. The molecular formula is C52H33N3O. The Bertz CT molecular complexity index is 2890. The van der Waals surface area contributed by atoms with E-state index >= 15 is 0 Å². The lowest BCUT2D eigenvalue weighted by Crippen LogP contribution is -2.34. The van der Waals surface area contributed by atoms with Crippen molar-refractivity contribution in [1.82, 2.24) is 15.0 Å². The van der Waals surface area contributed by atoms with Gasteiger partial charge in [0.25, 0.3) is 0 Å². The molecule has 0 unspecified atom stereocenters. The molecule has 56 heavy (non-hydrogen) atoms. The Morgan fingerprint density at radius 3 is 1.57 bits per heavy atom. The standard InChI is InChI=1S/C52H33N3O/c1-2-13-35(14-3-1)47-32-48(55-51(54-47)36-26-24-34(25-27-36)38-15-12-30-53-33-38)37-28-29-42-40-17-5-4-16-39(40)41-18-6-7-19-43(41)52(46(42)31-37)44-20-8-10-22-49(44)56-50-23-11-9-21-45(50)52/h1-33H. The van der Waals surface area contributed by atoms with Gasteiger partial charge in [0, 0.05) is 40.2 Å². The van der Waals surface area contributed by atoms with Crippen molar-refractivity contribution >= 4 is 0 Å². The summed E-state index contributed by atoms with van der Waals surface area (Å²) in [6.07, 6.45) is 3.68. The largest absolute Gasteiger partial charge is 0.457 e. The van der Waals surface area contributed by atoms with Crippen molar-refractivity contribution in [2.75, 3.05) is 0 Å². The molecule has 2 aromatic heterocycles. The maximum absolute atomic E-state index is 6.71. The van der Waals surface area contributed by atoms with E-state index in [9.17, 15) is 0 Å². The molecular weight excluding hydrogens is 683 g/mol. The molecule has 1 spiro atoms. The van der Waals surface area contributed by atoms with E-state index in [4.69, 9.17) is 14.7 Å². The van der Waals surface area contributed by atoms with Crippen LogP contribution < -0.4 is 4.74 Å². The van der Waals surface area contributed by atoms with E-state index in [0.717, 1.165) is 61.8 Å². The summed E-state index contributed by atoms with van der Waals surface area (Å²) < 4.78 is 6.71. The van der Waals surface area contributed by atoms with Crippen LogP contribution in [0.15, 0.2) is 200 Å². The third-order valence-corrected chi connectivity index (χ3v) is 11.3. The van der Waals surface area contributed by atoms with Crippen molar-refractivity contribution in [2.45, 2.75) is 5.41 Å². The zero-order chi connectivity index (χ0) is 37.1. The van der Waals surface area contributed by atoms with Gasteiger partial charge in [-0.3, -0.25) is 4.98 Å². The number of benzene rings is 7. The Labute approximate surface area is 325 Å². The summed E-state index contributed by atoms with van der Waals surface area (Å²) in [4.78, 5) is 14.8. The summed E-state index contributed by atoms with van der Waals surface area (Å²) in [6.45, 7) is 0. The van der Waals surface area contributed by atoms with Gasteiger partial charge >= 0.3 is 0 Å². The normalized spacial score (nSPS) is 12.9. The second-order valence-electron chi connectivity index (χ2n) is 14.3. The fraction of sp³-hybridized carbons (Fsp3) is 0.0192. The van der Waals surface area contributed by atoms with Crippen molar-refractivity contribution in [3.8, 4) is 78.8 Å². The molecule has 0 fully saturated rings. The van der Waals surface area contributed by atoms with E-state index in [2.05, 4.69) is 181 Å². The number of para-hydroxylation sites is 2. The molecule has 4 heteroatoms. The molecule has 0 radical (unpaired) electrons. The molecule has 2 aliphatic rings. The van der Waals surface area contributed by atoms with E-state index in [1.807, 2.05) is 18.3 Å². The Hall–Kier alpha value is -7.43. The Morgan fingerprint density at radius 1 is 0.357 bits per heavy atom. The first-order valence-corrected chi connectivity index (χ1v) is 18.9. The van der Waals surface area contributed by atoms with Gasteiger partial charge in [-0.15, -0.1) is 0 Å². The smallest absolute Gasteiger partial charge is 0.160 e. The highest BCUT2D eigenvalue weighted by Gasteiger charge is 2.49. The molecule has 0 atom stereocenters. The van der Waals surface area contributed by atoms with Crippen molar-refractivity contribution in [3.05, 3.63) is 223 Å². The van der Waals surface area contributed by atoms with Gasteiger partial charge in [-0.2, -0.15) is 0 Å². The Kier molecular flexibility index (Phi) is 7.36. The summed E-state index contributed by atoms with van der Waals surface area (Å²) >= 11 is 0. The topological polar surface area (TPSA) is 47.9 Å². The quantitative estimate of drug-likeness (QED) is 0.182. The summed E-state index contributed by atoms with van der Waals surface area (Å²) in [5.41, 5.74) is 15.6. The van der Waals surface area contributed by atoms with Gasteiger partial charge in [0.2, 0.25) is 0 Å². The van der Waals surface area contributed by atoms with Crippen LogP contribution in [0.25, 0.3) is 67.3 Å². The predicted molar refractivity (Wildman–Crippen MR) is 224 cm³/mol. The number of ether oxygens (including phenoxy) is 1. The number of fused-ring (bicyclic) bond motifs is 11. The second kappa shape index (κ2) is 12.9. The average Bonchev–Trinajstić information content (AvgIpc) is 3.38. The average molecular weight is 716 g/mol. The number of hydrogen-bond donors (Lipinski definition) is 0. The van der Waals surface area contributed by atoms with E-state index in [1.165, 1.54) is 33.4 Å². The van der Waals surface area contributed by atoms with Crippen LogP contribution >= 0.6 is 0 Å². The van der Waals surface area contributed by atoms with Crippen LogP contribution in [0.4, 0.5) is 0 Å². The summed E-state index contributed by atoms with van der Waals surface area (Å²) in [7, 11) is 0. The van der Waals surface area contributed by atoms with Gasteiger partial charge in [0.1, 0.15) is 11.5 Å². The number of rotatable bonds is 4. The number of hydrogen-bond acceptors (Lipinski definition) is 4. The first kappa shape index (κ1) is 32.0. The van der Waals surface area contributed by atoms with Crippen LogP contribution in [-0.2, 0) is 5.41 Å². The molecule has 3 heterocycles. The molecule has 0 amide bonds. The van der Waals surface area contributed by atoms with Gasteiger partial charge in [-0.05, 0) is 74.8 Å². The lowest BCUT2D eigenvalue weighted by atomic mass is 9.62. The zero-order valence-electron chi connectivity index (χ0n) is 30.3. The number of aromatic nitrogens is 3. The maximum atomic E-state index is 6.71. The Morgan fingerprint density at radius 2 is 0.893 bits per heavy atom. The predicted octanol–water partition coefficient (Wildman–Crippen LogP) is 12.7. The first-order chi connectivity index (χ1) is 27.8. The molecule has 262 valence electrons. The first-order valence-electron chi connectivity index (χ1n) is 18.9. The third kappa shape index (κ3) is 4.96. The molecule has 1 aliphatic heterocycles. The molecule has 7 aromatic carbocycles. The van der Waals surface area contributed by atoms with E-state index in [0.29, 0.717) is 5.82 Å². The van der Waals surface area contributed by atoms with Gasteiger partial charge in [-0.1, -0.05) is 158 Å². The number of pyridine rings is 1. The van der Waals surface area contributed by atoms with E-state index < -0.39 is 5.41 Å². The highest BCUT2D eigenvalue weighted by Crippen LogP contribution is 2.61. The fourth-order valence-electron chi connectivity index (χ4n) is 8.79. The highest BCUT2D eigenvalue weighted by atomic mass is 16.5. The summed E-state index contributed by atoms with van der Waals surface area (Å²) in [5.74, 6) is 2.38. The van der Waals surface area contributed by atoms with Crippen molar-refractivity contribution in [1.29, 1.82) is 0 Å². The molecule has 1 aliphatic carbocycles. The number of nitrogens with zero attached hydrogens (tertiary/aromatic N) is 3. The van der Waals surface area contributed by atoms with Crippen molar-refractivity contribution in [2.24, 2.45) is 0 Å².